The highest BCUT2D eigenvalue weighted by atomic mass is 16.3. The Kier molecular flexibility index (Phi) is 6.70. The van der Waals surface area contributed by atoms with Crippen molar-refractivity contribution in [3.8, 4) is 0 Å². The van der Waals surface area contributed by atoms with Gasteiger partial charge in [-0.05, 0) is 63.1 Å². The molecule has 1 saturated carbocycles. The van der Waals surface area contributed by atoms with Crippen LogP contribution in [0.1, 0.15) is 50.1 Å². The van der Waals surface area contributed by atoms with Gasteiger partial charge in [-0.15, -0.1) is 0 Å². The fourth-order valence-corrected chi connectivity index (χ4v) is 4.02. The molecular formula is C20H31N3O2. The Morgan fingerprint density at radius 3 is 2.44 bits per heavy atom. The van der Waals surface area contributed by atoms with Gasteiger partial charge in [-0.1, -0.05) is 30.3 Å². The molecule has 25 heavy (non-hydrogen) atoms. The lowest BCUT2D eigenvalue weighted by Gasteiger charge is -2.30. The normalized spacial score (nSPS) is 25.5. The number of carbonyl (C=O) groups is 1. The number of carbonyl (C=O) groups excluding carboxylic acids is 1. The van der Waals surface area contributed by atoms with E-state index in [1.54, 1.807) is 0 Å². The first-order valence-corrected chi connectivity index (χ1v) is 9.70. The number of hydrogen-bond acceptors (Lipinski definition) is 3. The van der Waals surface area contributed by atoms with Crippen LogP contribution in [-0.2, 0) is 0 Å². The Balaban J connectivity index is 1.54. The molecule has 0 spiro atoms. The molecule has 1 aliphatic heterocycles. The molecular weight excluding hydrogens is 314 g/mol. The minimum Gasteiger partial charge on any atom is -0.396 e. The molecule has 1 unspecified atom stereocenters. The topological polar surface area (TPSA) is 64.6 Å². The van der Waals surface area contributed by atoms with E-state index in [1.165, 1.54) is 12.8 Å². The molecule has 3 rings (SSSR count). The lowest BCUT2D eigenvalue weighted by Crippen LogP contribution is -2.47. The molecule has 1 aliphatic carbocycles. The summed E-state index contributed by atoms with van der Waals surface area (Å²) < 4.78 is 0. The van der Waals surface area contributed by atoms with Gasteiger partial charge in [-0.3, -0.25) is 0 Å². The first-order chi connectivity index (χ1) is 12.2. The highest BCUT2D eigenvalue weighted by Gasteiger charge is 2.24. The minimum absolute atomic E-state index is 0.0214. The molecule has 3 N–H and O–H groups in total. The van der Waals surface area contributed by atoms with Crippen molar-refractivity contribution in [3.05, 3.63) is 35.9 Å². The van der Waals surface area contributed by atoms with Crippen LogP contribution in [0.2, 0.25) is 0 Å². The summed E-state index contributed by atoms with van der Waals surface area (Å²) in [6, 6.07) is 10.4. The number of amides is 2. The summed E-state index contributed by atoms with van der Waals surface area (Å²) >= 11 is 0. The Morgan fingerprint density at radius 2 is 1.80 bits per heavy atom. The molecule has 2 aliphatic rings. The summed E-state index contributed by atoms with van der Waals surface area (Å²) in [5, 5.41) is 15.6. The molecule has 5 nitrogen and oxygen atoms in total. The summed E-state index contributed by atoms with van der Waals surface area (Å²) in [6.07, 6.45) is 6.42. The smallest absolute Gasteiger partial charge is 0.315 e. The van der Waals surface area contributed by atoms with Crippen LogP contribution in [0.3, 0.4) is 0 Å². The second-order valence-electron chi connectivity index (χ2n) is 7.49. The summed E-state index contributed by atoms with van der Waals surface area (Å²) in [6.45, 7) is 3.38. The van der Waals surface area contributed by atoms with Gasteiger partial charge in [0.1, 0.15) is 0 Å². The van der Waals surface area contributed by atoms with Crippen LogP contribution in [0.15, 0.2) is 30.3 Å². The van der Waals surface area contributed by atoms with Gasteiger partial charge in [-0.25, -0.2) is 4.79 Å². The zero-order valence-electron chi connectivity index (χ0n) is 15.0. The second-order valence-corrected chi connectivity index (χ2v) is 7.49. The third kappa shape index (κ3) is 5.44. The molecule has 0 bridgehead atoms. The van der Waals surface area contributed by atoms with Gasteiger partial charge in [0.2, 0.25) is 0 Å². The van der Waals surface area contributed by atoms with Crippen molar-refractivity contribution in [3.63, 3.8) is 0 Å². The van der Waals surface area contributed by atoms with E-state index in [4.69, 9.17) is 0 Å². The van der Waals surface area contributed by atoms with Gasteiger partial charge >= 0.3 is 6.03 Å². The zero-order chi connectivity index (χ0) is 17.5. The summed E-state index contributed by atoms with van der Waals surface area (Å²) in [5.74, 6) is 0.411. The fourth-order valence-electron chi connectivity index (χ4n) is 4.02. The predicted octanol–water partition coefficient (Wildman–Crippen LogP) is 2.67. The van der Waals surface area contributed by atoms with E-state index in [1.807, 2.05) is 18.2 Å². The van der Waals surface area contributed by atoms with Crippen molar-refractivity contribution >= 4 is 6.03 Å². The van der Waals surface area contributed by atoms with Gasteiger partial charge in [0.05, 0.1) is 6.04 Å². The van der Waals surface area contributed by atoms with E-state index < -0.39 is 0 Å². The number of nitrogens with one attached hydrogen (secondary N) is 2. The van der Waals surface area contributed by atoms with Gasteiger partial charge in [-0.2, -0.15) is 0 Å². The first kappa shape index (κ1) is 18.2. The maximum Gasteiger partial charge on any atom is 0.315 e. The van der Waals surface area contributed by atoms with Crippen LogP contribution in [-0.4, -0.2) is 48.3 Å². The van der Waals surface area contributed by atoms with Crippen molar-refractivity contribution in [1.82, 2.24) is 15.5 Å². The summed E-state index contributed by atoms with van der Waals surface area (Å²) in [4.78, 5) is 15.0. The van der Waals surface area contributed by atoms with Crippen molar-refractivity contribution in [1.29, 1.82) is 0 Å². The van der Waals surface area contributed by atoms with Crippen molar-refractivity contribution in [2.24, 2.45) is 5.92 Å². The highest BCUT2D eigenvalue weighted by molar-refractivity contribution is 5.74. The van der Waals surface area contributed by atoms with Gasteiger partial charge in [0.15, 0.2) is 0 Å². The molecule has 138 valence electrons. The molecule has 1 saturated heterocycles. The van der Waals surface area contributed by atoms with E-state index in [0.29, 0.717) is 5.92 Å². The maximum absolute atomic E-state index is 12.5. The van der Waals surface area contributed by atoms with E-state index in [-0.39, 0.29) is 24.7 Å². The average molecular weight is 345 g/mol. The van der Waals surface area contributed by atoms with Gasteiger partial charge < -0.3 is 20.6 Å². The standard InChI is InChI=1S/C20H31N3O2/c24-15-16-8-10-18(11-9-16)21-20(25)22-19(14-23-12-4-5-13-23)17-6-2-1-3-7-17/h1-3,6-7,16,18-19,24H,4-5,8-15H2,(H2,21,22,25). The van der Waals surface area contributed by atoms with Crippen LogP contribution in [0, 0.1) is 5.92 Å². The Morgan fingerprint density at radius 1 is 1.12 bits per heavy atom. The van der Waals surface area contributed by atoms with E-state index in [9.17, 15) is 9.90 Å². The maximum atomic E-state index is 12.5. The van der Waals surface area contributed by atoms with Crippen molar-refractivity contribution < 1.29 is 9.90 Å². The second kappa shape index (κ2) is 9.20. The minimum atomic E-state index is -0.0690. The van der Waals surface area contributed by atoms with E-state index >= 15 is 0 Å². The van der Waals surface area contributed by atoms with E-state index in [2.05, 4.69) is 27.7 Å². The van der Waals surface area contributed by atoms with Crippen LogP contribution in [0.5, 0.6) is 0 Å². The fraction of sp³-hybridized carbons (Fsp3) is 0.650. The predicted molar refractivity (Wildman–Crippen MR) is 99.4 cm³/mol. The lowest BCUT2D eigenvalue weighted by molar-refractivity contribution is 0.173. The Hall–Kier alpha value is -1.59. The van der Waals surface area contributed by atoms with Crippen LogP contribution < -0.4 is 10.6 Å². The van der Waals surface area contributed by atoms with Crippen LogP contribution in [0.25, 0.3) is 0 Å². The van der Waals surface area contributed by atoms with Gasteiger partial charge in [0, 0.05) is 19.2 Å². The van der Waals surface area contributed by atoms with Crippen LogP contribution in [0.4, 0.5) is 4.79 Å². The highest BCUT2D eigenvalue weighted by Crippen LogP contribution is 2.24. The number of likely N-dealkylation sites (tertiary alicyclic amines) is 1. The Labute approximate surface area is 150 Å². The summed E-state index contributed by atoms with van der Waals surface area (Å²) in [5.41, 5.74) is 1.16. The SMILES string of the molecule is O=C(NC1CCC(CO)CC1)NC(CN1CCCC1)c1ccccc1. The molecule has 0 aromatic heterocycles. The molecule has 1 atom stereocenters. The zero-order valence-corrected chi connectivity index (χ0v) is 15.0. The number of aliphatic hydroxyl groups is 1. The first-order valence-electron chi connectivity index (χ1n) is 9.70. The number of urea groups is 1. The van der Waals surface area contributed by atoms with Crippen LogP contribution >= 0.6 is 0 Å². The molecule has 2 fully saturated rings. The number of hydrogen-bond donors (Lipinski definition) is 3. The average Bonchev–Trinajstić information content (AvgIpc) is 3.16. The number of benzene rings is 1. The molecule has 1 aromatic carbocycles. The largest absolute Gasteiger partial charge is 0.396 e. The lowest BCUT2D eigenvalue weighted by atomic mass is 9.87. The Bertz CT molecular complexity index is 523. The molecule has 5 heteroatoms. The third-order valence-electron chi connectivity index (χ3n) is 5.59. The monoisotopic (exact) mass is 345 g/mol. The molecule has 1 heterocycles. The molecule has 1 aromatic rings. The molecule has 0 radical (unpaired) electrons. The van der Waals surface area contributed by atoms with Crippen molar-refractivity contribution in [2.75, 3.05) is 26.2 Å². The number of rotatable bonds is 6. The summed E-state index contributed by atoms with van der Waals surface area (Å²) in [7, 11) is 0. The van der Waals surface area contributed by atoms with Crippen molar-refractivity contribution in [2.45, 2.75) is 50.6 Å². The van der Waals surface area contributed by atoms with E-state index in [0.717, 1.165) is 50.9 Å². The number of aliphatic hydroxyl groups excluding tert-OH is 1. The molecule has 2 amide bonds. The quantitative estimate of drug-likeness (QED) is 0.743. The third-order valence-corrected chi connectivity index (χ3v) is 5.59. The number of nitrogens with zero attached hydrogens (tertiary/aromatic N) is 1. The van der Waals surface area contributed by atoms with Gasteiger partial charge in [0.25, 0.3) is 0 Å².